The lowest BCUT2D eigenvalue weighted by Crippen LogP contribution is -2.58. The summed E-state index contributed by atoms with van der Waals surface area (Å²) < 4.78 is 39.1. The summed E-state index contributed by atoms with van der Waals surface area (Å²) >= 11 is 0. The third-order valence-electron chi connectivity index (χ3n) is 10.1. The molecule has 0 spiro atoms. The minimum Gasteiger partial charge on any atom is -0.497 e. The highest BCUT2D eigenvalue weighted by molar-refractivity contribution is 5.91. The fraction of sp³-hybridized carbons (Fsp3) is 0.528. The van der Waals surface area contributed by atoms with E-state index in [1.54, 1.807) is 33.3 Å². The summed E-state index contributed by atoms with van der Waals surface area (Å²) in [6, 6.07) is 9.40. The van der Waals surface area contributed by atoms with Gasteiger partial charge in [-0.25, -0.2) is 4.79 Å². The smallest absolute Gasteiger partial charge is 0.338 e. The van der Waals surface area contributed by atoms with Crippen LogP contribution in [0.4, 0.5) is 0 Å². The van der Waals surface area contributed by atoms with Crippen molar-refractivity contribution in [3.05, 3.63) is 47.2 Å². The Balaban J connectivity index is 0.000000874. The summed E-state index contributed by atoms with van der Waals surface area (Å²) in [4.78, 5) is 42.5. The number of nitrogens with zero attached hydrogens (tertiary/aromatic N) is 1. The van der Waals surface area contributed by atoms with Gasteiger partial charge in [-0.15, -0.1) is 0 Å². The Bertz CT molecular complexity index is 1640. The van der Waals surface area contributed by atoms with Crippen molar-refractivity contribution in [1.29, 1.82) is 0 Å². The number of carbonyl (C=O) groups is 3. The number of methoxy groups -OCH3 is 6. The summed E-state index contributed by atoms with van der Waals surface area (Å²) in [7, 11) is 9.10. The molecule has 13 nitrogen and oxygen atoms in total. The van der Waals surface area contributed by atoms with Crippen molar-refractivity contribution in [1.82, 2.24) is 9.88 Å². The number of rotatable bonds is 9. The molecule has 6 atom stereocenters. The number of H-pyrrole nitrogens is 1. The molecule has 3 aliphatic rings. The van der Waals surface area contributed by atoms with Crippen LogP contribution in [-0.4, -0.2) is 101 Å². The number of aromatic nitrogens is 1. The zero-order valence-corrected chi connectivity index (χ0v) is 29.1. The number of hydrogen-bond acceptors (Lipinski definition) is 11. The highest BCUT2D eigenvalue weighted by Gasteiger charge is 2.54. The van der Waals surface area contributed by atoms with E-state index in [9.17, 15) is 14.4 Å². The van der Waals surface area contributed by atoms with E-state index in [1.807, 2.05) is 12.1 Å². The van der Waals surface area contributed by atoms with E-state index >= 15 is 0 Å². The number of piperidine rings is 1. The predicted octanol–water partition coefficient (Wildman–Crippen LogP) is 4.65. The Hall–Kier alpha value is -4.49. The molecule has 0 unspecified atom stereocenters. The quantitative estimate of drug-likeness (QED) is 0.302. The molecule has 2 fully saturated rings. The van der Waals surface area contributed by atoms with Gasteiger partial charge in [0.1, 0.15) is 18.0 Å². The van der Waals surface area contributed by atoms with Crippen molar-refractivity contribution < 1.29 is 52.6 Å². The third kappa shape index (κ3) is 7.00. The van der Waals surface area contributed by atoms with E-state index in [2.05, 4.69) is 16.0 Å². The molecule has 1 saturated carbocycles. The van der Waals surface area contributed by atoms with Crippen LogP contribution < -0.4 is 18.9 Å². The second kappa shape index (κ2) is 15.4. The van der Waals surface area contributed by atoms with Crippen molar-refractivity contribution in [3.8, 4) is 23.0 Å². The molecule has 2 aliphatic heterocycles. The molecule has 3 heterocycles. The molecule has 49 heavy (non-hydrogen) atoms. The van der Waals surface area contributed by atoms with Gasteiger partial charge in [0.05, 0.1) is 53.1 Å². The minimum atomic E-state index is -0.745. The number of carboxylic acid groups (broad SMARTS) is 1. The van der Waals surface area contributed by atoms with Gasteiger partial charge in [0.25, 0.3) is 0 Å². The molecular weight excluding hydrogens is 636 g/mol. The molecule has 1 saturated heterocycles. The van der Waals surface area contributed by atoms with Gasteiger partial charge in [-0.05, 0) is 60.9 Å². The first-order valence-corrected chi connectivity index (χ1v) is 16.4. The number of nitrogens with one attached hydrogen (secondary N) is 1. The van der Waals surface area contributed by atoms with Gasteiger partial charge in [-0.3, -0.25) is 14.5 Å². The van der Waals surface area contributed by atoms with Crippen molar-refractivity contribution in [2.75, 3.05) is 55.7 Å². The maximum absolute atomic E-state index is 13.5. The van der Waals surface area contributed by atoms with Crippen LogP contribution in [0.5, 0.6) is 23.0 Å². The molecule has 0 amide bonds. The van der Waals surface area contributed by atoms with E-state index < -0.39 is 30.1 Å². The summed E-state index contributed by atoms with van der Waals surface area (Å²) in [5.74, 6) is -0.305. The van der Waals surface area contributed by atoms with Crippen molar-refractivity contribution in [2.24, 2.45) is 17.8 Å². The first kappa shape index (κ1) is 35.8. The van der Waals surface area contributed by atoms with Crippen LogP contribution in [0.15, 0.2) is 30.3 Å². The van der Waals surface area contributed by atoms with Crippen LogP contribution in [0.1, 0.15) is 53.8 Å². The van der Waals surface area contributed by atoms with E-state index in [-0.39, 0.29) is 35.8 Å². The van der Waals surface area contributed by atoms with Crippen LogP contribution in [0, 0.1) is 17.8 Å². The first-order chi connectivity index (χ1) is 23.6. The van der Waals surface area contributed by atoms with Crippen molar-refractivity contribution >= 4 is 28.8 Å². The molecule has 1 aromatic heterocycles. The molecular formula is C36H46N2O11. The van der Waals surface area contributed by atoms with Gasteiger partial charge in [-0.1, -0.05) is 6.92 Å². The standard InChI is InChI=1S/C33H40N2O9.C3H6O2/c1-38-19-7-8-20-21-9-10-35-16-18-13-27(44-32(36)17-11-25(39-2)30(41-4)26(12-17)40-3)31(42-5)28(33(37)43-6)22(18)15-24(35)29(21)34-23(20)14-19;1-2-3(4)5/h7-8,11-12,14,18,22,24,27-28,31,34H,9-10,13,15-16H2,1-6H3;2H2,1H3,(H,4,5)/t18-,22+,24-,27-,28+,31+;/m1./s1. The monoisotopic (exact) mass is 682 g/mol. The Morgan fingerprint density at radius 1 is 0.939 bits per heavy atom. The normalized spacial score (nSPS) is 24.2. The number of esters is 2. The molecule has 3 aromatic rings. The molecule has 2 aromatic carbocycles. The van der Waals surface area contributed by atoms with Gasteiger partial charge in [-0.2, -0.15) is 0 Å². The van der Waals surface area contributed by atoms with Gasteiger partial charge in [0.15, 0.2) is 11.5 Å². The molecule has 1 aliphatic carbocycles. The van der Waals surface area contributed by atoms with Crippen LogP contribution in [0.3, 0.4) is 0 Å². The lowest BCUT2D eigenvalue weighted by atomic mass is 9.63. The number of ether oxygens (including phenoxy) is 7. The molecule has 2 N–H and O–H groups in total. The molecule has 0 radical (unpaired) electrons. The number of carbonyl (C=O) groups excluding carboxylic acids is 2. The summed E-state index contributed by atoms with van der Waals surface area (Å²) in [6.45, 7) is 3.28. The Labute approximate surface area is 285 Å². The average Bonchev–Trinajstić information content (AvgIpc) is 3.50. The van der Waals surface area contributed by atoms with Gasteiger partial charge in [0, 0.05) is 49.3 Å². The fourth-order valence-electron chi connectivity index (χ4n) is 7.76. The first-order valence-electron chi connectivity index (χ1n) is 16.4. The highest BCUT2D eigenvalue weighted by Crippen LogP contribution is 2.51. The van der Waals surface area contributed by atoms with E-state index in [0.717, 1.165) is 37.2 Å². The number of benzene rings is 2. The zero-order valence-electron chi connectivity index (χ0n) is 29.1. The number of aliphatic carboxylic acids is 1. The minimum absolute atomic E-state index is 0.0170. The van der Waals surface area contributed by atoms with Crippen molar-refractivity contribution in [2.45, 2.75) is 50.9 Å². The second-order valence-corrected chi connectivity index (χ2v) is 12.4. The summed E-state index contributed by atoms with van der Waals surface area (Å²) in [6.07, 6.45) is 1.14. The van der Waals surface area contributed by atoms with Crippen molar-refractivity contribution in [3.63, 3.8) is 0 Å². The van der Waals surface area contributed by atoms with Gasteiger partial charge in [0.2, 0.25) is 5.75 Å². The van der Waals surface area contributed by atoms with E-state index in [0.29, 0.717) is 23.7 Å². The predicted molar refractivity (Wildman–Crippen MR) is 179 cm³/mol. The largest absolute Gasteiger partial charge is 0.497 e. The fourth-order valence-corrected chi connectivity index (χ4v) is 7.76. The van der Waals surface area contributed by atoms with Crippen LogP contribution >= 0.6 is 0 Å². The molecule has 0 bridgehead atoms. The molecule has 13 heteroatoms. The lowest BCUT2D eigenvalue weighted by Gasteiger charge is -2.52. The third-order valence-corrected chi connectivity index (χ3v) is 10.1. The van der Waals surface area contributed by atoms with Crippen LogP contribution in [0.25, 0.3) is 10.9 Å². The summed E-state index contributed by atoms with van der Waals surface area (Å²) in [5.41, 5.74) is 3.83. The van der Waals surface area contributed by atoms with Crippen LogP contribution in [0.2, 0.25) is 0 Å². The Kier molecular flexibility index (Phi) is 11.2. The van der Waals surface area contributed by atoms with Crippen LogP contribution in [-0.2, 0) is 30.2 Å². The van der Waals surface area contributed by atoms with E-state index in [1.165, 1.54) is 45.1 Å². The average molecular weight is 683 g/mol. The molecule has 6 rings (SSSR count). The van der Waals surface area contributed by atoms with Gasteiger partial charge < -0.3 is 43.2 Å². The number of hydrogen-bond donors (Lipinski definition) is 2. The maximum atomic E-state index is 13.5. The number of carboxylic acids is 1. The zero-order chi connectivity index (χ0) is 35.4. The van der Waals surface area contributed by atoms with Gasteiger partial charge >= 0.3 is 17.9 Å². The summed E-state index contributed by atoms with van der Waals surface area (Å²) in [5, 5.41) is 8.93. The Morgan fingerprint density at radius 3 is 2.20 bits per heavy atom. The number of aromatic amines is 1. The second-order valence-electron chi connectivity index (χ2n) is 12.4. The lowest BCUT2D eigenvalue weighted by molar-refractivity contribution is -0.176. The number of fused-ring (bicyclic) bond motifs is 6. The van der Waals surface area contributed by atoms with E-state index in [4.69, 9.17) is 38.3 Å². The maximum Gasteiger partial charge on any atom is 0.338 e. The topological polar surface area (TPSA) is 155 Å². The SMILES string of the molecule is CCC(=O)O.COC(=O)[C@H]1[C@H]2C[C@@H]3c4[nH]c5cc(OC)ccc5c4CCN3C[C@H]2C[C@@H](OC(=O)c2cc(OC)c(OC)c(OC)c2)[C@@H]1OC. The highest BCUT2D eigenvalue weighted by atomic mass is 16.6. The Morgan fingerprint density at radius 2 is 1.63 bits per heavy atom. The molecule has 266 valence electrons.